The Morgan fingerprint density at radius 2 is 1.91 bits per heavy atom. The van der Waals surface area contributed by atoms with Crippen LogP contribution >= 0.6 is 0 Å². The van der Waals surface area contributed by atoms with E-state index in [0.717, 1.165) is 16.7 Å². The summed E-state index contributed by atoms with van der Waals surface area (Å²) < 4.78 is 5.20. The molecule has 0 heterocycles. The van der Waals surface area contributed by atoms with Gasteiger partial charge < -0.3 is 15.2 Å². The second kappa shape index (κ2) is 7.28. The van der Waals surface area contributed by atoms with Gasteiger partial charge in [0.25, 0.3) is 0 Å². The summed E-state index contributed by atoms with van der Waals surface area (Å²) in [6.45, 7) is 9.02. The maximum Gasteiger partial charge on any atom is 0.407 e. The average molecular weight is 304 g/mol. The van der Waals surface area contributed by atoms with Crippen LogP contribution in [0.5, 0.6) is 0 Å². The second-order valence-corrected chi connectivity index (χ2v) is 6.43. The maximum absolute atomic E-state index is 11.8. The minimum Gasteiger partial charge on any atom is -0.444 e. The molecular weight excluding hydrogens is 280 g/mol. The molecule has 1 amide bonds. The number of nitriles is 1. The van der Waals surface area contributed by atoms with Gasteiger partial charge in [-0.1, -0.05) is 0 Å². The molecule has 1 rings (SSSR count). The highest BCUT2D eigenvalue weighted by molar-refractivity contribution is 5.68. The fraction of sp³-hybridized carbons (Fsp3) is 0.529. The van der Waals surface area contributed by atoms with Crippen molar-refractivity contribution in [2.45, 2.75) is 52.7 Å². The molecule has 2 N–H and O–H groups in total. The second-order valence-electron chi connectivity index (χ2n) is 6.43. The number of rotatable bonds is 4. The smallest absolute Gasteiger partial charge is 0.407 e. The van der Waals surface area contributed by atoms with E-state index < -0.39 is 17.7 Å². The fourth-order valence-electron chi connectivity index (χ4n) is 2.26. The van der Waals surface area contributed by atoms with Crippen molar-refractivity contribution in [3.05, 3.63) is 34.4 Å². The van der Waals surface area contributed by atoms with E-state index >= 15 is 0 Å². The number of hydrogen-bond donors (Lipinski definition) is 2. The van der Waals surface area contributed by atoms with Gasteiger partial charge in [0.05, 0.1) is 24.3 Å². The van der Waals surface area contributed by atoms with Crippen molar-refractivity contribution in [3.63, 3.8) is 0 Å². The summed E-state index contributed by atoms with van der Waals surface area (Å²) in [6, 6.07) is 5.31. The number of hydrogen-bond acceptors (Lipinski definition) is 4. The zero-order valence-corrected chi connectivity index (χ0v) is 13.9. The molecule has 0 bridgehead atoms. The van der Waals surface area contributed by atoms with E-state index in [9.17, 15) is 9.90 Å². The summed E-state index contributed by atoms with van der Waals surface area (Å²) in [7, 11) is 0. The van der Waals surface area contributed by atoms with Gasteiger partial charge in [0.15, 0.2) is 0 Å². The van der Waals surface area contributed by atoms with Crippen LogP contribution in [0.4, 0.5) is 4.79 Å². The molecule has 0 fully saturated rings. The Kier molecular flexibility index (Phi) is 5.95. The highest BCUT2D eigenvalue weighted by atomic mass is 16.6. The van der Waals surface area contributed by atoms with Crippen LogP contribution in [0.2, 0.25) is 0 Å². The minimum absolute atomic E-state index is 0.182. The molecule has 22 heavy (non-hydrogen) atoms. The molecule has 5 heteroatoms. The summed E-state index contributed by atoms with van der Waals surface area (Å²) in [5.74, 6) is 0. The first-order valence-electron chi connectivity index (χ1n) is 7.27. The number of aliphatic hydroxyl groups excluding tert-OH is 1. The average Bonchev–Trinajstić information content (AvgIpc) is 2.38. The third-order valence-electron chi connectivity index (χ3n) is 3.22. The van der Waals surface area contributed by atoms with Crippen LogP contribution in [-0.2, 0) is 11.2 Å². The van der Waals surface area contributed by atoms with Crippen molar-refractivity contribution in [1.29, 1.82) is 5.26 Å². The SMILES string of the molecule is Cc1cc(C#N)cc(C)c1CC(CO)NC(=O)OC(C)(C)C. The summed E-state index contributed by atoms with van der Waals surface area (Å²) in [5, 5.41) is 21.1. The number of ether oxygens (including phenoxy) is 1. The molecule has 1 unspecified atom stereocenters. The number of benzene rings is 1. The number of carbonyl (C=O) groups is 1. The van der Waals surface area contributed by atoms with Gasteiger partial charge in [0, 0.05) is 0 Å². The van der Waals surface area contributed by atoms with E-state index in [0.29, 0.717) is 12.0 Å². The number of amides is 1. The monoisotopic (exact) mass is 304 g/mol. The van der Waals surface area contributed by atoms with Crippen LogP contribution in [0.1, 0.15) is 43.0 Å². The van der Waals surface area contributed by atoms with Crippen LogP contribution < -0.4 is 5.32 Å². The van der Waals surface area contributed by atoms with Crippen molar-refractivity contribution in [3.8, 4) is 6.07 Å². The summed E-state index contributed by atoms with van der Waals surface area (Å²) >= 11 is 0. The van der Waals surface area contributed by atoms with Gasteiger partial charge in [0.1, 0.15) is 5.60 Å². The first-order valence-corrected chi connectivity index (χ1v) is 7.27. The lowest BCUT2D eigenvalue weighted by atomic mass is 9.94. The molecule has 0 spiro atoms. The van der Waals surface area contributed by atoms with Crippen molar-refractivity contribution in [1.82, 2.24) is 5.32 Å². The van der Waals surface area contributed by atoms with Gasteiger partial charge in [-0.3, -0.25) is 0 Å². The number of aliphatic hydroxyl groups is 1. The highest BCUT2D eigenvalue weighted by Gasteiger charge is 2.20. The van der Waals surface area contributed by atoms with Crippen LogP contribution in [0, 0.1) is 25.2 Å². The van der Waals surface area contributed by atoms with Gasteiger partial charge in [-0.25, -0.2) is 4.79 Å². The lowest BCUT2D eigenvalue weighted by molar-refractivity contribution is 0.0482. The molecular formula is C17H24N2O3. The number of aryl methyl sites for hydroxylation is 2. The Hall–Kier alpha value is -2.06. The zero-order valence-electron chi connectivity index (χ0n) is 13.9. The van der Waals surface area contributed by atoms with Gasteiger partial charge in [-0.2, -0.15) is 5.26 Å². The third kappa shape index (κ3) is 5.38. The highest BCUT2D eigenvalue weighted by Crippen LogP contribution is 2.18. The number of carbonyl (C=O) groups excluding carboxylic acids is 1. The lowest BCUT2D eigenvalue weighted by Crippen LogP contribution is -2.42. The first kappa shape index (κ1) is 18.0. The molecule has 120 valence electrons. The van der Waals surface area contributed by atoms with Gasteiger partial charge >= 0.3 is 6.09 Å². The van der Waals surface area contributed by atoms with Crippen LogP contribution in [-0.4, -0.2) is 29.4 Å². The predicted molar refractivity (Wildman–Crippen MR) is 84.6 cm³/mol. The van der Waals surface area contributed by atoms with Crippen LogP contribution in [0.15, 0.2) is 12.1 Å². The summed E-state index contributed by atoms with van der Waals surface area (Å²) in [5.41, 5.74) is 3.00. The maximum atomic E-state index is 11.8. The van der Waals surface area contributed by atoms with E-state index in [-0.39, 0.29) is 6.61 Å². The minimum atomic E-state index is -0.579. The Morgan fingerprint density at radius 1 is 1.36 bits per heavy atom. The van der Waals surface area contributed by atoms with Crippen molar-refractivity contribution in [2.24, 2.45) is 0 Å². The molecule has 1 aromatic carbocycles. The van der Waals surface area contributed by atoms with Crippen molar-refractivity contribution in [2.75, 3.05) is 6.61 Å². The summed E-state index contributed by atoms with van der Waals surface area (Å²) in [6.07, 6.45) is -0.0606. The van der Waals surface area contributed by atoms with E-state index in [1.807, 2.05) is 26.0 Å². The molecule has 1 atom stereocenters. The Labute approximate surface area is 131 Å². The van der Waals surface area contributed by atoms with Crippen molar-refractivity contribution < 1.29 is 14.6 Å². The standard InChI is InChI=1S/C17H24N2O3/c1-11-6-13(9-18)7-12(2)15(11)8-14(10-20)19-16(21)22-17(3,4)5/h6-7,14,20H,8,10H2,1-5H3,(H,19,21). The lowest BCUT2D eigenvalue weighted by Gasteiger charge is -2.23. The van der Waals surface area contributed by atoms with Crippen LogP contribution in [0.3, 0.4) is 0 Å². The molecule has 0 aliphatic rings. The molecule has 0 aromatic heterocycles. The molecule has 0 aliphatic carbocycles. The molecule has 1 aromatic rings. The first-order chi connectivity index (χ1) is 10.2. The Balaban J connectivity index is 2.83. The molecule has 0 radical (unpaired) electrons. The molecule has 0 saturated heterocycles. The quantitative estimate of drug-likeness (QED) is 0.895. The van der Waals surface area contributed by atoms with Crippen molar-refractivity contribution >= 4 is 6.09 Å². The van der Waals surface area contributed by atoms with Gasteiger partial charge in [-0.15, -0.1) is 0 Å². The van der Waals surface area contributed by atoms with E-state index in [2.05, 4.69) is 11.4 Å². The molecule has 0 saturated carbocycles. The van der Waals surface area contributed by atoms with E-state index in [1.54, 1.807) is 20.8 Å². The topological polar surface area (TPSA) is 82.4 Å². The van der Waals surface area contributed by atoms with E-state index in [1.165, 1.54) is 0 Å². The Bertz CT molecular complexity index is 560. The van der Waals surface area contributed by atoms with Gasteiger partial charge in [-0.05, 0) is 69.9 Å². The van der Waals surface area contributed by atoms with Gasteiger partial charge in [0.2, 0.25) is 0 Å². The number of nitrogens with zero attached hydrogens (tertiary/aromatic N) is 1. The zero-order chi connectivity index (χ0) is 16.9. The molecule has 5 nitrogen and oxygen atoms in total. The number of nitrogens with one attached hydrogen (secondary N) is 1. The number of alkyl carbamates (subject to hydrolysis) is 1. The fourth-order valence-corrected chi connectivity index (χ4v) is 2.26. The third-order valence-corrected chi connectivity index (χ3v) is 3.22. The molecule has 0 aliphatic heterocycles. The largest absolute Gasteiger partial charge is 0.444 e. The van der Waals surface area contributed by atoms with E-state index in [4.69, 9.17) is 10.00 Å². The Morgan fingerprint density at radius 3 is 2.32 bits per heavy atom. The normalized spacial score (nSPS) is 12.4. The summed E-state index contributed by atoms with van der Waals surface area (Å²) in [4.78, 5) is 11.8. The predicted octanol–water partition coefficient (Wildman–Crippen LogP) is 2.60. The van der Waals surface area contributed by atoms with Crippen LogP contribution in [0.25, 0.3) is 0 Å².